The summed E-state index contributed by atoms with van der Waals surface area (Å²) in [6.45, 7) is 0. The number of benzene rings is 2. The van der Waals surface area contributed by atoms with Crippen molar-refractivity contribution < 1.29 is 5.11 Å². The highest BCUT2D eigenvalue weighted by atomic mass is 16.3. The zero-order chi connectivity index (χ0) is 12.5. The third kappa shape index (κ3) is 1.93. The van der Waals surface area contributed by atoms with Crippen molar-refractivity contribution in [2.24, 2.45) is 5.73 Å². The first-order chi connectivity index (χ1) is 8.74. The molecule has 92 valence electrons. The quantitative estimate of drug-likeness (QED) is 0.707. The Bertz CT molecular complexity index is 551. The molecule has 3 heteroatoms. The summed E-state index contributed by atoms with van der Waals surface area (Å²) in [5.74, 6) is 0.282. The highest BCUT2D eigenvalue weighted by molar-refractivity contribution is 5.50. The number of rotatable bonds is 2. The summed E-state index contributed by atoms with van der Waals surface area (Å²) in [7, 11) is 0. The van der Waals surface area contributed by atoms with Gasteiger partial charge in [0.2, 0.25) is 0 Å². The van der Waals surface area contributed by atoms with Gasteiger partial charge in [-0.3, -0.25) is 0 Å². The highest BCUT2D eigenvalue weighted by Crippen LogP contribution is 2.39. The van der Waals surface area contributed by atoms with Crippen LogP contribution in [0, 0.1) is 0 Å². The third-order valence-corrected chi connectivity index (χ3v) is 3.47. The topological polar surface area (TPSA) is 58.3 Å². The molecule has 0 saturated heterocycles. The van der Waals surface area contributed by atoms with Crippen molar-refractivity contribution >= 4 is 5.69 Å². The summed E-state index contributed by atoms with van der Waals surface area (Å²) < 4.78 is 0. The van der Waals surface area contributed by atoms with Crippen molar-refractivity contribution in [1.29, 1.82) is 0 Å². The fourth-order valence-corrected chi connectivity index (χ4v) is 2.57. The molecule has 0 aliphatic heterocycles. The summed E-state index contributed by atoms with van der Waals surface area (Å²) in [6.07, 6.45) is 0.903. The summed E-state index contributed by atoms with van der Waals surface area (Å²) >= 11 is 0. The van der Waals surface area contributed by atoms with Gasteiger partial charge in [0.05, 0.1) is 6.04 Å². The SMILES string of the molecule is NC1CC(Nc2ccc(O)cc2)c2ccccc21. The Morgan fingerprint density at radius 2 is 1.67 bits per heavy atom. The van der Waals surface area contributed by atoms with Crippen molar-refractivity contribution in [3.05, 3.63) is 59.7 Å². The Kier molecular flexibility index (Phi) is 2.68. The number of nitrogens with one attached hydrogen (secondary N) is 1. The fraction of sp³-hybridized carbons (Fsp3) is 0.200. The van der Waals surface area contributed by atoms with Crippen LogP contribution in [0.25, 0.3) is 0 Å². The van der Waals surface area contributed by atoms with Crippen LogP contribution in [0.5, 0.6) is 5.75 Å². The second kappa shape index (κ2) is 4.35. The lowest BCUT2D eigenvalue weighted by Crippen LogP contribution is -2.09. The van der Waals surface area contributed by atoms with E-state index in [1.807, 2.05) is 24.3 Å². The first-order valence-corrected chi connectivity index (χ1v) is 6.14. The van der Waals surface area contributed by atoms with Crippen LogP contribution in [0.4, 0.5) is 5.69 Å². The average Bonchev–Trinajstić information content (AvgIpc) is 2.70. The molecule has 0 spiro atoms. The van der Waals surface area contributed by atoms with Crippen LogP contribution in [0.1, 0.15) is 29.6 Å². The minimum Gasteiger partial charge on any atom is -0.508 e. The molecule has 0 fully saturated rings. The number of phenols is 1. The molecule has 18 heavy (non-hydrogen) atoms. The molecule has 2 atom stereocenters. The van der Waals surface area contributed by atoms with Crippen LogP contribution in [-0.4, -0.2) is 5.11 Å². The smallest absolute Gasteiger partial charge is 0.115 e. The predicted molar refractivity (Wildman–Crippen MR) is 72.5 cm³/mol. The number of phenolic OH excluding ortho intramolecular Hbond substituents is 1. The molecule has 0 aromatic heterocycles. The van der Waals surface area contributed by atoms with Gasteiger partial charge in [0.1, 0.15) is 5.75 Å². The highest BCUT2D eigenvalue weighted by Gasteiger charge is 2.27. The van der Waals surface area contributed by atoms with E-state index >= 15 is 0 Å². The first kappa shape index (κ1) is 11.1. The normalized spacial score (nSPS) is 21.6. The molecule has 2 aromatic carbocycles. The van der Waals surface area contributed by atoms with E-state index in [0.717, 1.165) is 12.1 Å². The zero-order valence-corrected chi connectivity index (χ0v) is 10.0. The van der Waals surface area contributed by atoms with Gasteiger partial charge in [-0.2, -0.15) is 0 Å². The number of fused-ring (bicyclic) bond motifs is 1. The lowest BCUT2D eigenvalue weighted by atomic mass is 10.1. The van der Waals surface area contributed by atoms with E-state index in [1.54, 1.807) is 12.1 Å². The van der Waals surface area contributed by atoms with Gasteiger partial charge in [0, 0.05) is 11.7 Å². The Hall–Kier alpha value is -2.00. The second-order valence-electron chi connectivity index (χ2n) is 4.71. The Morgan fingerprint density at radius 3 is 2.39 bits per heavy atom. The Morgan fingerprint density at radius 1 is 1.00 bits per heavy atom. The van der Waals surface area contributed by atoms with E-state index in [9.17, 15) is 5.11 Å². The standard InChI is InChI=1S/C15H16N2O/c16-14-9-15(13-4-2-1-3-12(13)14)17-10-5-7-11(18)8-6-10/h1-8,14-15,17-18H,9,16H2. The molecule has 4 N–H and O–H groups in total. The lowest BCUT2D eigenvalue weighted by molar-refractivity contribution is 0.475. The molecule has 3 rings (SSSR count). The van der Waals surface area contributed by atoms with E-state index in [2.05, 4.69) is 17.4 Å². The molecule has 0 radical (unpaired) electrons. The van der Waals surface area contributed by atoms with E-state index in [0.29, 0.717) is 0 Å². The van der Waals surface area contributed by atoms with Crippen molar-refractivity contribution in [3.63, 3.8) is 0 Å². The summed E-state index contributed by atoms with van der Waals surface area (Å²) in [5.41, 5.74) is 9.64. The minimum atomic E-state index is 0.107. The van der Waals surface area contributed by atoms with Crippen LogP contribution < -0.4 is 11.1 Å². The average molecular weight is 240 g/mol. The van der Waals surface area contributed by atoms with Crippen LogP contribution >= 0.6 is 0 Å². The lowest BCUT2D eigenvalue weighted by Gasteiger charge is -2.15. The molecule has 0 amide bonds. The molecule has 1 aliphatic rings. The van der Waals surface area contributed by atoms with E-state index in [-0.39, 0.29) is 17.8 Å². The molecular formula is C15H16N2O. The van der Waals surface area contributed by atoms with Crippen molar-refractivity contribution in [3.8, 4) is 5.75 Å². The minimum absolute atomic E-state index is 0.107. The molecule has 0 saturated carbocycles. The van der Waals surface area contributed by atoms with Gasteiger partial charge in [-0.05, 0) is 41.8 Å². The fourth-order valence-electron chi connectivity index (χ4n) is 2.57. The molecular weight excluding hydrogens is 224 g/mol. The monoisotopic (exact) mass is 240 g/mol. The molecule has 2 aromatic rings. The molecule has 2 unspecified atom stereocenters. The van der Waals surface area contributed by atoms with Gasteiger partial charge in [-0.1, -0.05) is 24.3 Å². The molecule has 1 aliphatic carbocycles. The molecule has 3 nitrogen and oxygen atoms in total. The summed E-state index contributed by atoms with van der Waals surface area (Å²) in [5, 5.41) is 12.7. The third-order valence-electron chi connectivity index (χ3n) is 3.47. The number of hydrogen-bond donors (Lipinski definition) is 3. The van der Waals surface area contributed by atoms with Crippen molar-refractivity contribution in [2.45, 2.75) is 18.5 Å². The van der Waals surface area contributed by atoms with Gasteiger partial charge in [0.25, 0.3) is 0 Å². The van der Waals surface area contributed by atoms with Gasteiger partial charge in [-0.15, -0.1) is 0 Å². The van der Waals surface area contributed by atoms with Crippen LogP contribution in [0.3, 0.4) is 0 Å². The number of aromatic hydroxyl groups is 1. The van der Waals surface area contributed by atoms with Crippen LogP contribution in [-0.2, 0) is 0 Å². The maximum Gasteiger partial charge on any atom is 0.115 e. The number of nitrogens with two attached hydrogens (primary N) is 1. The van der Waals surface area contributed by atoms with E-state index < -0.39 is 0 Å². The van der Waals surface area contributed by atoms with Gasteiger partial charge in [0.15, 0.2) is 0 Å². The Balaban J connectivity index is 1.85. The molecule has 0 bridgehead atoms. The van der Waals surface area contributed by atoms with Crippen molar-refractivity contribution in [2.75, 3.05) is 5.32 Å². The van der Waals surface area contributed by atoms with Crippen LogP contribution in [0.2, 0.25) is 0 Å². The van der Waals surface area contributed by atoms with Crippen LogP contribution in [0.15, 0.2) is 48.5 Å². The summed E-state index contributed by atoms with van der Waals surface area (Å²) in [6, 6.07) is 15.8. The second-order valence-corrected chi connectivity index (χ2v) is 4.71. The molecule has 0 heterocycles. The summed E-state index contributed by atoms with van der Waals surface area (Å²) in [4.78, 5) is 0. The zero-order valence-electron chi connectivity index (χ0n) is 10.0. The number of anilines is 1. The maximum atomic E-state index is 9.27. The Labute approximate surface area is 106 Å². The van der Waals surface area contributed by atoms with Gasteiger partial charge in [-0.25, -0.2) is 0 Å². The largest absolute Gasteiger partial charge is 0.508 e. The van der Waals surface area contributed by atoms with E-state index in [4.69, 9.17) is 5.73 Å². The van der Waals surface area contributed by atoms with E-state index in [1.165, 1.54) is 11.1 Å². The number of hydrogen-bond acceptors (Lipinski definition) is 3. The maximum absolute atomic E-state index is 9.27. The van der Waals surface area contributed by atoms with Crippen molar-refractivity contribution in [1.82, 2.24) is 0 Å². The first-order valence-electron chi connectivity index (χ1n) is 6.14. The van der Waals surface area contributed by atoms with Gasteiger partial charge < -0.3 is 16.2 Å². The van der Waals surface area contributed by atoms with Gasteiger partial charge >= 0.3 is 0 Å². The predicted octanol–water partition coefficient (Wildman–Crippen LogP) is 2.95.